The molecule has 1 aliphatic rings. The van der Waals surface area contributed by atoms with E-state index in [1.165, 1.54) is 6.92 Å². The fourth-order valence-corrected chi connectivity index (χ4v) is 1.50. The topological polar surface area (TPSA) is 49.3 Å². The minimum absolute atomic E-state index is 0.328. The molecule has 0 aliphatic carbocycles. The molecule has 0 saturated carbocycles. The van der Waals surface area contributed by atoms with E-state index in [9.17, 15) is 9.90 Å². The fraction of sp³-hybridized carbons (Fsp3) is 0.300. The Labute approximate surface area is 76.4 Å². The maximum atomic E-state index is 11.3. The first-order valence-electron chi connectivity index (χ1n) is 4.21. The van der Waals surface area contributed by atoms with E-state index in [0.29, 0.717) is 6.42 Å². The molecule has 3 nitrogen and oxygen atoms in total. The number of hydrogen-bond acceptors (Lipinski definition) is 2. The Morgan fingerprint density at radius 1 is 1.46 bits per heavy atom. The zero-order chi connectivity index (χ0) is 9.47. The summed E-state index contributed by atoms with van der Waals surface area (Å²) in [7, 11) is 0. The summed E-state index contributed by atoms with van der Waals surface area (Å²) in [5.41, 5.74) is 0.514. The standard InChI is InChI=1S/C10H11NO2/c1-10(13)6-7-4-2-3-5-8(7)11-9(10)12/h2-5,13H,6H2,1H3,(H,11,12). The zero-order valence-corrected chi connectivity index (χ0v) is 7.37. The average Bonchev–Trinajstić information content (AvgIpc) is 2.06. The van der Waals surface area contributed by atoms with Crippen molar-refractivity contribution in [3.63, 3.8) is 0 Å². The van der Waals surface area contributed by atoms with Crippen LogP contribution in [0.25, 0.3) is 0 Å². The molecule has 2 rings (SSSR count). The summed E-state index contributed by atoms with van der Waals surface area (Å²) in [4.78, 5) is 11.3. The Kier molecular flexibility index (Phi) is 1.63. The van der Waals surface area contributed by atoms with Gasteiger partial charge in [0.2, 0.25) is 0 Å². The summed E-state index contributed by atoms with van der Waals surface area (Å²) in [6.45, 7) is 1.53. The van der Waals surface area contributed by atoms with Gasteiger partial charge in [-0.1, -0.05) is 18.2 Å². The maximum absolute atomic E-state index is 11.3. The molecule has 1 aliphatic heterocycles. The van der Waals surface area contributed by atoms with Crippen LogP contribution < -0.4 is 5.32 Å². The van der Waals surface area contributed by atoms with E-state index in [-0.39, 0.29) is 5.91 Å². The largest absolute Gasteiger partial charge is 0.380 e. The number of anilines is 1. The Hall–Kier alpha value is -1.35. The molecule has 3 heteroatoms. The van der Waals surface area contributed by atoms with E-state index in [4.69, 9.17) is 0 Å². The van der Waals surface area contributed by atoms with Gasteiger partial charge >= 0.3 is 0 Å². The number of para-hydroxylation sites is 1. The van der Waals surface area contributed by atoms with Crippen molar-refractivity contribution in [1.82, 2.24) is 0 Å². The van der Waals surface area contributed by atoms with Gasteiger partial charge in [0.1, 0.15) is 5.60 Å². The van der Waals surface area contributed by atoms with Gasteiger partial charge in [-0.05, 0) is 18.6 Å². The molecule has 1 amide bonds. The number of nitrogens with one attached hydrogen (secondary N) is 1. The summed E-state index contributed by atoms with van der Waals surface area (Å²) < 4.78 is 0. The van der Waals surface area contributed by atoms with Crippen LogP contribution in [0.3, 0.4) is 0 Å². The minimum atomic E-state index is -1.27. The second-order valence-corrected chi connectivity index (χ2v) is 3.56. The lowest BCUT2D eigenvalue weighted by atomic mass is 9.91. The second-order valence-electron chi connectivity index (χ2n) is 3.56. The number of carbonyl (C=O) groups is 1. The van der Waals surface area contributed by atoms with Crippen LogP contribution in [0.15, 0.2) is 24.3 Å². The van der Waals surface area contributed by atoms with Gasteiger partial charge in [0.05, 0.1) is 0 Å². The molecule has 0 radical (unpaired) electrons. The number of benzene rings is 1. The van der Waals surface area contributed by atoms with Gasteiger partial charge in [0.25, 0.3) is 5.91 Å². The maximum Gasteiger partial charge on any atom is 0.256 e. The molecule has 1 unspecified atom stereocenters. The first-order chi connectivity index (χ1) is 6.09. The minimum Gasteiger partial charge on any atom is -0.380 e. The molecule has 68 valence electrons. The van der Waals surface area contributed by atoms with Crippen molar-refractivity contribution < 1.29 is 9.90 Å². The molecule has 0 bridgehead atoms. The van der Waals surface area contributed by atoms with E-state index >= 15 is 0 Å². The normalized spacial score (nSPS) is 26.5. The van der Waals surface area contributed by atoms with Gasteiger partial charge in [-0.25, -0.2) is 0 Å². The number of fused-ring (bicyclic) bond motifs is 1. The van der Waals surface area contributed by atoms with E-state index in [2.05, 4.69) is 5.32 Å². The summed E-state index contributed by atoms with van der Waals surface area (Å²) in [6.07, 6.45) is 0.384. The van der Waals surface area contributed by atoms with Crippen LogP contribution in [0.2, 0.25) is 0 Å². The Balaban J connectivity index is 2.44. The molecule has 1 aromatic rings. The van der Waals surface area contributed by atoms with Crippen LogP contribution in [-0.4, -0.2) is 16.6 Å². The van der Waals surface area contributed by atoms with Crippen molar-refractivity contribution in [1.29, 1.82) is 0 Å². The van der Waals surface area contributed by atoms with Crippen molar-refractivity contribution in [3.8, 4) is 0 Å². The van der Waals surface area contributed by atoms with Crippen LogP contribution in [0.4, 0.5) is 5.69 Å². The predicted octanol–water partition coefficient (Wildman–Crippen LogP) is 0.932. The predicted molar refractivity (Wildman–Crippen MR) is 49.4 cm³/mol. The zero-order valence-electron chi connectivity index (χ0n) is 7.37. The molecule has 2 N–H and O–H groups in total. The van der Waals surface area contributed by atoms with E-state index < -0.39 is 5.60 Å². The molecule has 1 atom stereocenters. The smallest absolute Gasteiger partial charge is 0.256 e. The molecule has 0 spiro atoms. The SMILES string of the molecule is CC1(O)Cc2ccccc2NC1=O. The number of rotatable bonds is 0. The highest BCUT2D eigenvalue weighted by molar-refractivity contribution is 5.99. The van der Waals surface area contributed by atoms with Crippen LogP contribution in [0.5, 0.6) is 0 Å². The molecule has 13 heavy (non-hydrogen) atoms. The van der Waals surface area contributed by atoms with E-state index in [1.807, 2.05) is 24.3 Å². The van der Waals surface area contributed by atoms with Gasteiger partial charge in [-0.3, -0.25) is 4.79 Å². The van der Waals surface area contributed by atoms with Crippen LogP contribution >= 0.6 is 0 Å². The summed E-state index contributed by atoms with van der Waals surface area (Å²) >= 11 is 0. The summed E-state index contributed by atoms with van der Waals surface area (Å²) in [5.74, 6) is -0.328. The molecule has 1 heterocycles. The van der Waals surface area contributed by atoms with Crippen molar-refractivity contribution in [3.05, 3.63) is 29.8 Å². The lowest BCUT2D eigenvalue weighted by molar-refractivity contribution is -0.132. The van der Waals surface area contributed by atoms with Crippen LogP contribution in [0, 0.1) is 0 Å². The highest BCUT2D eigenvalue weighted by Crippen LogP contribution is 2.26. The van der Waals surface area contributed by atoms with Gasteiger partial charge in [-0.2, -0.15) is 0 Å². The highest BCUT2D eigenvalue weighted by Gasteiger charge is 2.35. The molecule has 0 saturated heterocycles. The van der Waals surface area contributed by atoms with Gasteiger partial charge in [0, 0.05) is 12.1 Å². The summed E-state index contributed by atoms with van der Waals surface area (Å²) in [6, 6.07) is 7.50. The highest BCUT2D eigenvalue weighted by atomic mass is 16.3. The lowest BCUT2D eigenvalue weighted by Crippen LogP contribution is -2.45. The van der Waals surface area contributed by atoms with E-state index in [1.54, 1.807) is 0 Å². The molecule has 1 aromatic carbocycles. The number of carbonyl (C=O) groups excluding carboxylic acids is 1. The third kappa shape index (κ3) is 1.31. The Morgan fingerprint density at radius 2 is 2.15 bits per heavy atom. The van der Waals surface area contributed by atoms with Crippen LogP contribution in [0.1, 0.15) is 12.5 Å². The lowest BCUT2D eigenvalue weighted by Gasteiger charge is -2.28. The van der Waals surface area contributed by atoms with Crippen LogP contribution in [-0.2, 0) is 11.2 Å². The first-order valence-corrected chi connectivity index (χ1v) is 4.21. The molecular weight excluding hydrogens is 166 g/mol. The molecule has 0 aromatic heterocycles. The van der Waals surface area contributed by atoms with Crippen molar-refractivity contribution >= 4 is 11.6 Å². The molecular formula is C10H11NO2. The quantitative estimate of drug-likeness (QED) is 0.619. The monoisotopic (exact) mass is 177 g/mol. The van der Waals surface area contributed by atoms with E-state index in [0.717, 1.165) is 11.3 Å². The third-order valence-corrected chi connectivity index (χ3v) is 2.29. The average molecular weight is 177 g/mol. The van der Waals surface area contributed by atoms with Crippen molar-refractivity contribution in [2.24, 2.45) is 0 Å². The Morgan fingerprint density at radius 3 is 2.92 bits per heavy atom. The van der Waals surface area contributed by atoms with Gasteiger partial charge in [0.15, 0.2) is 0 Å². The van der Waals surface area contributed by atoms with Gasteiger partial charge < -0.3 is 10.4 Å². The fourth-order valence-electron chi connectivity index (χ4n) is 1.50. The third-order valence-electron chi connectivity index (χ3n) is 2.29. The summed E-state index contributed by atoms with van der Waals surface area (Å²) in [5, 5.41) is 12.3. The van der Waals surface area contributed by atoms with Crippen molar-refractivity contribution in [2.45, 2.75) is 18.9 Å². The molecule has 0 fully saturated rings. The van der Waals surface area contributed by atoms with Crippen molar-refractivity contribution in [2.75, 3.05) is 5.32 Å². The second kappa shape index (κ2) is 2.57. The first kappa shape index (κ1) is 8.26. The number of aliphatic hydroxyl groups is 1. The number of amides is 1. The Bertz CT molecular complexity index is 358. The number of hydrogen-bond donors (Lipinski definition) is 2. The van der Waals surface area contributed by atoms with Gasteiger partial charge in [-0.15, -0.1) is 0 Å².